The third-order valence-electron chi connectivity index (χ3n) is 0.236. The molecular formula is C4H6N4O3S2. The van der Waals surface area contributed by atoms with Gasteiger partial charge in [0.2, 0.25) is 0 Å². The minimum atomic E-state index is -0.634. The van der Waals surface area contributed by atoms with Crippen LogP contribution in [0.2, 0.25) is 0 Å². The molecule has 0 aromatic heterocycles. The van der Waals surface area contributed by atoms with E-state index in [0.29, 0.717) is 0 Å². The zero-order valence-corrected chi connectivity index (χ0v) is 7.83. The van der Waals surface area contributed by atoms with Crippen LogP contribution in [0.1, 0.15) is 0 Å². The Labute approximate surface area is 85.3 Å². The van der Waals surface area contributed by atoms with E-state index in [4.69, 9.17) is 11.4 Å². The second-order valence-corrected chi connectivity index (χ2v) is 1.71. The number of hydrazine groups is 2. The van der Waals surface area contributed by atoms with Crippen LogP contribution in [0.5, 0.6) is 0 Å². The van der Waals surface area contributed by atoms with Crippen molar-refractivity contribution in [3.8, 4) is 0 Å². The van der Waals surface area contributed by atoms with Gasteiger partial charge in [0.15, 0.2) is 0 Å². The Morgan fingerprint density at radius 2 is 1.31 bits per heavy atom. The van der Waals surface area contributed by atoms with E-state index in [2.05, 4.69) is 36.1 Å². The van der Waals surface area contributed by atoms with Gasteiger partial charge in [0, 0.05) is 10.3 Å². The third kappa shape index (κ3) is 103. The fourth-order valence-corrected chi connectivity index (χ4v) is 0. The van der Waals surface area contributed by atoms with Crippen LogP contribution in [0.25, 0.3) is 0 Å². The standard InChI is InChI=1S/C2O.2CH4N2OS/c1-2-3;2*2-3-1(4)5/h;2*2H2,(H2,3,4,5)/q+2;;/p-2. The Hall–Kier alpha value is -1.12. The molecule has 0 heterocycles. The van der Waals surface area contributed by atoms with Crippen molar-refractivity contribution in [2.45, 2.75) is 0 Å². The van der Waals surface area contributed by atoms with Crippen LogP contribution < -0.4 is 32.7 Å². The van der Waals surface area contributed by atoms with E-state index in [1.807, 2.05) is 0 Å². The van der Waals surface area contributed by atoms with E-state index in [9.17, 15) is 10.2 Å². The first kappa shape index (κ1) is 17.8. The van der Waals surface area contributed by atoms with Crippen molar-refractivity contribution < 1.29 is 15.0 Å². The van der Waals surface area contributed by atoms with Crippen molar-refractivity contribution >= 4 is 40.7 Å². The molecule has 0 aliphatic heterocycles. The van der Waals surface area contributed by atoms with Crippen molar-refractivity contribution in [2.75, 3.05) is 0 Å². The van der Waals surface area contributed by atoms with Gasteiger partial charge in [0.25, 0.3) is 0 Å². The van der Waals surface area contributed by atoms with E-state index in [1.54, 1.807) is 10.9 Å². The molecule has 7 nitrogen and oxygen atoms in total. The number of thiocarbonyl (C=S) groups is 2. The van der Waals surface area contributed by atoms with Gasteiger partial charge in [-0.2, -0.15) is 0 Å². The van der Waals surface area contributed by atoms with Gasteiger partial charge in [0.05, 0.1) is 0 Å². The summed E-state index contributed by atoms with van der Waals surface area (Å²) < 4.78 is 0. The summed E-state index contributed by atoms with van der Waals surface area (Å²) in [6.07, 6.45) is 0. The molecule has 0 aromatic carbocycles. The maximum atomic E-state index is 9.39. The van der Waals surface area contributed by atoms with Gasteiger partial charge in [-0.25, -0.2) is 0 Å². The summed E-state index contributed by atoms with van der Waals surface area (Å²) in [4.78, 5) is 8.35. The van der Waals surface area contributed by atoms with Crippen LogP contribution in [-0.4, -0.2) is 16.3 Å². The topological polar surface area (TPSA) is 139 Å². The summed E-state index contributed by atoms with van der Waals surface area (Å²) in [5, 5.41) is 17.5. The van der Waals surface area contributed by atoms with E-state index in [1.165, 1.54) is 0 Å². The molecule has 0 atom stereocenters. The summed E-state index contributed by atoms with van der Waals surface area (Å²) in [5.41, 5.74) is 3.41. The molecule has 0 fully saturated rings. The Morgan fingerprint density at radius 3 is 1.31 bits per heavy atom. The van der Waals surface area contributed by atoms with Gasteiger partial charge in [0.1, 0.15) is 0 Å². The maximum absolute atomic E-state index is 9.39. The zero-order chi connectivity index (χ0) is 11.3. The molecule has 0 saturated carbocycles. The average Bonchev–Trinajstić information content (AvgIpc) is 2.07. The first-order chi connectivity index (χ1) is 5.95. The molecule has 9 heteroatoms. The molecule has 0 aliphatic rings. The molecule has 0 spiro atoms. The van der Waals surface area contributed by atoms with Crippen LogP contribution in [0, 0.1) is 6.58 Å². The van der Waals surface area contributed by atoms with Gasteiger partial charge in [-0.15, -0.1) is 0 Å². The van der Waals surface area contributed by atoms with E-state index < -0.39 is 10.3 Å². The second-order valence-electron chi connectivity index (χ2n) is 0.966. The van der Waals surface area contributed by atoms with Gasteiger partial charge < -0.3 is 21.1 Å². The second kappa shape index (κ2) is 17.1. The Morgan fingerprint density at radius 1 is 1.23 bits per heavy atom. The first-order valence-electron chi connectivity index (χ1n) is 2.35. The Bertz CT molecular complexity index is 166. The average molecular weight is 222 g/mol. The quantitative estimate of drug-likeness (QED) is 0.139. The van der Waals surface area contributed by atoms with Crippen LogP contribution in [0.3, 0.4) is 0 Å². The van der Waals surface area contributed by atoms with Crippen molar-refractivity contribution in [2.24, 2.45) is 11.7 Å². The Kier molecular flexibility index (Phi) is 23.5. The van der Waals surface area contributed by atoms with Crippen LogP contribution in [-0.2, 0) is 4.79 Å². The number of rotatable bonds is 0. The Balaban J connectivity index is -0.000000120. The summed E-state index contributed by atoms with van der Waals surface area (Å²) in [6.45, 7) is 5.40. The predicted molar refractivity (Wildman–Crippen MR) is 48.8 cm³/mol. The fourth-order valence-electron chi connectivity index (χ4n) is 0. The minimum absolute atomic E-state index is 0.634. The van der Waals surface area contributed by atoms with Gasteiger partial charge >= 0.3 is 17.3 Å². The number of carbonyl (C=O) groups excluding carboxylic acids is 1. The summed E-state index contributed by atoms with van der Waals surface area (Å²) >= 11 is 7.81. The van der Waals surface area contributed by atoms with Crippen LogP contribution in [0.15, 0.2) is 0 Å². The number of hydrogen-bond donors (Lipinski definition) is 4. The molecule has 0 aromatic rings. The summed E-state index contributed by atoms with van der Waals surface area (Å²) in [5.74, 6) is 9.69. The third-order valence-corrected chi connectivity index (χ3v) is 0.471. The molecular weight excluding hydrogens is 216 g/mol. The number of nitrogens with one attached hydrogen (secondary N) is 2. The van der Waals surface area contributed by atoms with Crippen molar-refractivity contribution in [3.63, 3.8) is 0 Å². The fraction of sp³-hybridized carbons (Fsp3) is 0. The monoisotopic (exact) mass is 222 g/mol. The van der Waals surface area contributed by atoms with Gasteiger partial charge in [-0.3, -0.25) is 11.7 Å². The van der Waals surface area contributed by atoms with Crippen molar-refractivity contribution in [1.29, 1.82) is 0 Å². The molecule has 0 rings (SSSR count). The van der Waals surface area contributed by atoms with E-state index in [0.717, 1.165) is 5.94 Å². The molecule has 0 radical (unpaired) electrons. The molecule has 72 valence electrons. The zero-order valence-electron chi connectivity index (χ0n) is 6.20. The van der Waals surface area contributed by atoms with Crippen LogP contribution >= 0.6 is 24.4 Å². The van der Waals surface area contributed by atoms with Crippen molar-refractivity contribution in [3.05, 3.63) is 6.58 Å². The first-order valence-corrected chi connectivity index (χ1v) is 3.16. The summed E-state index contributed by atoms with van der Waals surface area (Å²) in [7, 11) is 0. The molecule has 6 N–H and O–H groups in total. The predicted octanol–water partition coefficient (Wildman–Crippen LogP) is -4.13. The van der Waals surface area contributed by atoms with Gasteiger partial charge in [-0.05, 0) is 0 Å². The van der Waals surface area contributed by atoms with Crippen LogP contribution in [0.4, 0.5) is 0 Å². The molecule has 0 bridgehead atoms. The van der Waals surface area contributed by atoms with E-state index >= 15 is 0 Å². The molecule has 0 unspecified atom stereocenters. The number of hydrogen-bond acceptors (Lipinski definition) is 7. The SMILES string of the molecule is NNC([O-])=S.NNC([O-])=S.[C+2]=C=O. The normalized spacial score (nSPS) is 5.85. The van der Waals surface area contributed by atoms with Gasteiger partial charge in [-0.1, -0.05) is 24.4 Å². The summed E-state index contributed by atoms with van der Waals surface area (Å²) in [6, 6.07) is 0. The number of nitrogens with two attached hydrogens (primary N) is 2. The molecule has 0 aliphatic carbocycles. The molecule has 13 heavy (non-hydrogen) atoms. The van der Waals surface area contributed by atoms with Crippen molar-refractivity contribution in [1.82, 2.24) is 10.9 Å². The van der Waals surface area contributed by atoms with E-state index in [-0.39, 0.29) is 0 Å². The molecule has 0 amide bonds. The molecule has 0 saturated heterocycles.